The molecule has 132 valence electrons. The first-order valence-corrected chi connectivity index (χ1v) is 8.18. The number of aryl methyl sites for hydroxylation is 1. The zero-order valence-electron chi connectivity index (χ0n) is 14.6. The minimum atomic E-state index is -0.355. The first kappa shape index (κ1) is 17.3. The van der Waals surface area contributed by atoms with Crippen LogP contribution in [-0.4, -0.2) is 27.3 Å². The summed E-state index contributed by atoms with van der Waals surface area (Å²) < 4.78 is 6.43. The fourth-order valence-corrected chi connectivity index (χ4v) is 2.41. The van der Waals surface area contributed by atoms with E-state index in [1.165, 1.54) is 4.68 Å². The highest BCUT2D eigenvalue weighted by atomic mass is 16.5. The Morgan fingerprint density at radius 3 is 2.50 bits per heavy atom. The Morgan fingerprint density at radius 1 is 1.15 bits per heavy atom. The zero-order valence-corrected chi connectivity index (χ0v) is 14.6. The van der Waals surface area contributed by atoms with E-state index in [1.807, 2.05) is 30.3 Å². The van der Waals surface area contributed by atoms with Crippen LogP contribution in [0.15, 0.2) is 54.6 Å². The van der Waals surface area contributed by atoms with E-state index < -0.39 is 0 Å². The summed E-state index contributed by atoms with van der Waals surface area (Å²) in [7, 11) is 1.70. The third kappa shape index (κ3) is 3.77. The van der Waals surface area contributed by atoms with E-state index in [0.29, 0.717) is 23.8 Å². The molecule has 0 aliphatic heterocycles. The maximum absolute atomic E-state index is 11.7. The van der Waals surface area contributed by atoms with E-state index in [9.17, 15) is 4.79 Å². The molecule has 3 aromatic rings. The minimum absolute atomic E-state index is 0.222. The van der Waals surface area contributed by atoms with Crippen molar-refractivity contribution in [1.29, 1.82) is 5.41 Å². The van der Waals surface area contributed by atoms with Gasteiger partial charge in [0.05, 0.1) is 12.2 Å². The molecule has 0 saturated carbocycles. The number of anilines is 2. The topological polar surface area (TPSA) is 92.9 Å². The molecule has 0 fully saturated rings. The van der Waals surface area contributed by atoms with Crippen molar-refractivity contribution < 1.29 is 9.53 Å². The second-order valence-electron chi connectivity index (χ2n) is 5.55. The minimum Gasteiger partial charge on any atom is -0.462 e. The first-order chi connectivity index (χ1) is 12.6. The van der Waals surface area contributed by atoms with Gasteiger partial charge in [0.25, 0.3) is 0 Å². The van der Waals surface area contributed by atoms with Gasteiger partial charge in [0.2, 0.25) is 5.95 Å². The Balaban J connectivity index is 1.88. The van der Waals surface area contributed by atoms with Gasteiger partial charge in [0.15, 0.2) is 5.49 Å². The molecular formula is C19H19N5O2. The molecule has 7 heteroatoms. The smallest absolute Gasteiger partial charge is 0.338 e. The van der Waals surface area contributed by atoms with E-state index in [4.69, 9.17) is 10.1 Å². The number of ether oxygens (including phenoxy) is 1. The molecule has 0 amide bonds. The Kier molecular flexibility index (Phi) is 5.07. The van der Waals surface area contributed by atoms with Crippen LogP contribution in [0.2, 0.25) is 0 Å². The maximum atomic E-state index is 11.7. The maximum Gasteiger partial charge on any atom is 0.338 e. The van der Waals surface area contributed by atoms with Crippen molar-refractivity contribution in [2.24, 2.45) is 7.05 Å². The number of benzene rings is 2. The molecule has 7 nitrogen and oxygen atoms in total. The lowest BCUT2D eigenvalue weighted by Gasteiger charge is -2.10. The number of esters is 1. The Labute approximate surface area is 150 Å². The van der Waals surface area contributed by atoms with E-state index in [2.05, 4.69) is 15.4 Å². The fourth-order valence-electron chi connectivity index (χ4n) is 2.41. The third-order valence-electron chi connectivity index (χ3n) is 3.71. The summed E-state index contributed by atoms with van der Waals surface area (Å²) in [5, 5.41) is 15.5. The molecule has 0 unspecified atom stereocenters. The number of carbonyl (C=O) groups is 1. The SMILES string of the molecule is CCOC(=O)c1ccc(Nc2nc(-c3ccccc3)c(=N)n(C)n2)cc1. The zero-order chi connectivity index (χ0) is 18.5. The molecule has 26 heavy (non-hydrogen) atoms. The van der Waals surface area contributed by atoms with Gasteiger partial charge in [0, 0.05) is 18.3 Å². The molecule has 1 aromatic heterocycles. The Hall–Kier alpha value is -3.48. The molecule has 0 aliphatic rings. The normalized spacial score (nSPS) is 10.4. The van der Waals surface area contributed by atoms with Crippen LogP contribution in [-0.2, 0) is 11.8 Å². The van der Waals surface area contributed by atoms with Gasteiger partial charge < -0.3 is 10.1 Å². The van der Waals surface area contributed by atoms with Crippen molar-refractivity contribution in [1.82, 2.24) is 14.8 Å². The summed E-state index contributed by atoms with van der Waals surface area (Å²) in [6.45, 7) is 2.11. The highest BCUT2D eigenvalue weighted by molar-refractivity contribution is 5.89. The fraction of sp³-hybridized carbons (Fsp3) is 0.158. The second kappa shape index (κ2) is 7.60. The summed E-state index contributed by atoms with van der Waals surface area (Å²) in [4.78, 5) is 16.2. The predicted octanol–water partition coefficient (Wildman–Crippen LogP) is 2.88. The highest BCUT2D eigenvalue weighted by Crippen LogP contribution is 2.17. The molecule has 2 aromatic carbocycles. The van der Waals surface area contributed by atoms with Gasteiger partial charge in [-0.3, -0.25) is 5.41 Å². The van der Waals surface area contributed by atoms with Gasteiger partial charge in [-0.1, -0.05) is 30.3 Å². The van der Waals surface area contributed by atoms with Crippen LogP contribution in [0.4, 0.5) is 11.6 Å². The molecular weight excluding hydrogens is 330 g/mol. The number of nitrogens with one attached hydrogen (secondary N) is 2. The van der Waals surface area contributed by atoms with Crippen molar-refractivity contribution >= 4 is 17.6 Å². The Morgan fingerprint density at radius 2 is 1.85 bits per heavy atom. The molecule has 0 atom stereocenters. The van der Waals surface area contributed by atoms with Crippen LogP contribution in [0, 0.1) is 5.41 Å². The molecule has 0 aliphatic carbocycles. The monoisotopic (exact) mass is 349 g/mol. The van der Waals surface area contributed by atoms with Gasteiger partial charge in [-0.2, -0.15) is 0 Å². The van der Waals surface area contributed by atoms with E-state index in [1.54, 1.807) is 38.2 Å². The summed E-state index contributed by atoms with van der Waals surface area (Å²) in [5.74, 6) is 0.0119. The van der Waals surface area contributed by atoms with Crippen molar-refractivity contribution in [2.45, 2.75) is 6.92 Å². The van der Waals surface area contributed by atoms with Crippen molar-refractivity contribution in [3.63, 3.8) is 0 Å². The lowest BCUT2D eigenvalue weighted by molar-refractivity contribution is 0.0526. The van der Waals surface area contributed by atoms with Crippen LogP contribution < -0.4 is 10.8 Å². The Bertz CT molecular complexity index is 965. The molecule has 2 N–H and O–H groups in total. The molecule has 0 spiro atoms. The average Bonchev–Trinajstić information content (AvgIpc) is 2.66. The first-order valence-electron chi connectivity index (χ1n) is 8.18. The van der Waals surface area contributed by atoms with Crippen LogP contribution in [0.3, 0.4) is 0 Å². The van der Waals surface area contributed by atoms with Crippen molar-refractivity contribution in [3.05, 3.63) is 65.6 Å². The van der Waals surface area contributed by atoms with Crippen LogP contribution in [0.1, 0.15) is 17.3 Å². The van der Waals surface area contributed by atoms with E-state index in [-0.39, 0.29) is 11.5 Å². The summed E-state index contributed by atoms with van der Waals surface area (Å²) >= 11 is 0. The van der Waals surface area contributed by atoms with Crippen molar-refractivity contribution in [2.75, 3.05) is 11.9 Å². The number of aromatic nitrogens is 3. The molecule has 1 heterocycles. The lowest BCUT2D eigenvalue weighted by Crippen LogP contribution is -2.24. The van der Waals surface area contributed by atoms with E-state index in [0.717, 1.165) is 11.3 Å². The summed E-state index contributed by atoms with van der Waals surface area (Å²) in [5.41, 5.74) is 2.81. The predicted molar refractivity (Wildman–Crippen MR) is 98.0 cm³/mol. The van der Waals surface area contributed by atoms with Gasteiger partial charge >= 0.3 is 5.97 Å². The number of hydrogen-bond acceptors (Lipinski definition) is 6. The van der Waals surface area contributed by atoms with Crippen molar-refractivity contribution in [3.8, 4) is 11.3 Å². The second-order valence-corrected chi connectivity index (χ2v) is 5.55. The number of nitrogens with zero attached hydrogens (tertiary/aromatic N) is 3. The molecule has 0 bridgehead atoms. The summed E-state index contributed by atoms with van der Waals surface area (Å²) in [6, 6.07) is 16.4. The highest BCUT2D eigenvalue weighted by Gasteiger charge is 2.09. The standard InChI is InChI=1S/C19H19N5O2/c1-3-26-18(25)14-9-11-15(12-10-14)21-19-22-16(17(20)24(2)23-19)13-7-5-4-6-8-13/h4-12,20H,3H2,1-2H3,(H,21,23). The quantitative estimate of drug-likeness (QED) is 0.691. The van der Waals surface area contributed by atoms with Crippen LogP contribution >= 0.6 is 0 Å². The molecule has 0 radical (unpaired) electrons. The number of carbonyl (C=O) groups excluding carboxylic acids is 1. The lowest BCUT2D eigenvalue weighted by atomic mass is 10.1. The molecule has 3 rings (SSSR count). The summed E-state index contributed by atoms with van der Waals surface area (Å²) in [6.07, 6.45) is 0. The molecule has 0 saturated heterocycles. The number of rotatable bonds is 5. The van der Waals surface area contributed by atoms with E-state index >= 15 is 0 Å². The third-order valence-corrected chi connectivity index (χ3v) is 3.71. The van der Waals surface area contributed by atoms with Gasteiger partial charge in [-0.05, 0) is 31.2 Å². The van der Waals surface area contributed by atoms with Crippen LogP contribution in [0.5, 0.6) is 0 Å². The average molecular weight is 349 g/mol. The van der Waals surface area contributed by atoms with Gasteiger partial charge in [0.1, 0.15) is 5.69 Å². The van der Waals surface area contributed by atoms with Crippen LogP contribution in [0.25, 0.3) is 11.3 Å². The van der Waals surface area contributed by atoms with Gasteiger partial charge in [-0.15, -0.1) is 5.10 Å². The largest absolute Gasteiger partial charge is 0.462 e. The number of hydrogen-bond donors (Lipinski definition) is 2. The van der Waals surface area contributed by atoms with Gasteiger partial charge in [-0.25, -0.2) is 14.5 Å².